The number of carbonyl (C=O) groups excluding carboxylic acids is 2. The van der Waals surface area contributed by atoms with Gasteiger partial charge in [-0.1, -0.05) is 25.1 Å². The molecular weight excluding hydrogens is 421 g/mol. The third-order valence-electron chi connectivity index (χ3n) is 5.84. The zero-order valence-corrected chi connectivity index (χ0v) is 17.8. The standard InChI is InChI=1S/C24H23F3N2O3/c1-15-5-4-12-28(14-15)21-20(16-8-10-19(32-2)11-9-16)22(30)29(23(21)31)18-7-3-6-17(13-18)24(25,26)27/h3,6-11,13,15H,4-5,12,14H2,1-2H3. The van der Waals surface area contributed by atoms with Crippen molar-refractivity contribution in [2.75, 3.05) is 25.1 Å². The minimum atomic E-state index is -4.58. The number of carbonyl (C=O) groups is 2. The lowest BCUT2D eigenvalue weighted by Gasteiger charge is -2.33. The fourth-order valence-electron chi connectivity index (χ4n) is 4.28. The van der Waals surface area contributed by atoms with Gasteiger partial charge in [0.15, 0.2) is 0 Å². The fraction of sp³-hybridized carbons (Fsp3) is 0.333. The number of piperidine rings is 1. The summed E-state index contributed by atoms with van der Waals surface area (Å²) in [6.45, 7) is 3.28. The van der Waals surface area contributed by atoms with Crippen molar-refractivity contribution >= 4 is 23.1 Å². The second kappa shape index (κ2) is 8.33. The topological polar surface area (TPSA) is 49.9 Å². The maximum atomic E-state index is 13.5. The summed E-state index contributed by atoms with van der Waals surface area (Å²) in [5, 5.41) is 0. The number of benzene rings is 2. The van der Waals surface area contributed by atoms with Crippen LogP contribution in [0.3, 0.4) is 0 Å². The number of ether oxygens (including phenoxy) is 1. The predicted octanol–water partition coefficient (Wildman–Crippen LogP) is 4.73. The van der Waals surface area contributed by atoms with E-state index in [1.54, 1.807) is 24.3 Å². The molecule has 2 aromatic rings. The van der Waals surface area contributed by atoms with Crippen LogP contribution in [0.2, 0.25) is 0 Å². The van der Waals surface area contributed by atoms with Crippen molar-refractivity contribution in [1.29, 1.82) is 0 Å². The molecule has 32 heavy (non-hydrogen) atoms. The molecule has 0 N–H and O–H groups in total. The van der Waals surface area contributed by atoms with Crippen LogP contribution in [0, 0.1) is 5.92 Å². The molecule has 2 amide bonds. The third kappa shape index (κ3) is 3.97. The van der Waals surface area contributed by atoms with Crippen LogP contribution in [-0.4, -0.2) is 36.9 Å². The molecule has 2 aromatic carbocycles. The Morgan fingerprint density at radius 2 is 1.75 bits per heavy atom. The van der Waals surface area contributed by atoms with Crippen LogP contribution in [0.25, 0.3) is 5.57 Å². The van der Waals surface area contributed by atoms with E-state index in [-0.39, 0.29) is 17.0 Å². The zero-order valence-electron chi connectivity index (χ0n) is 17.8. The molecule has 4 rings (SSSR count). The molecular formula is C24H23F3N2O3. The number of likely N-dealkylation sites (tertiary alicyclic amines) is 1. The summed E-state index contributed by atoms with van der Waals surface area (Å²) in [5.74, 6) is -0.310. The Labute approximate surface area is 184 Å². The predicted molar refractivity (Wildman–Crippen MR) is 114 cm³/mol. The average Bonchev–Trinajstić information content (AvgIpc) is 3.03. The molecule has 1 unspecified atom stereocenters. The van der Waals surface area contributed by atoms with Crippen molar-refractivity contribution in [3.05, 3.63) is 65.4 Å². The molecule has 2 heterocycles. The van der Waals surface area contributed by atoms with Crippen molar-refractivity contribution in [3.8, 4) is 5.75 Å². The number of rotatable bonds is 4. The van der Waals surface area contributed by atoms with E-state index in [2.05, 4.69) is 6.92 Å². The van der Waals surface area contributed by atoms with Gasteiger partial charge in [-0.15, -0.1) is 0 Å². The highest BCUT2D eigenvalue weighted by molar-refractivity contribution is 6.45. The molecule has 1 fully saturated rings. The van der Waals surface area contributed by atoms with Gasteiger partial charge in [-0.3, -0.25) is 9.59 Å². The Bertz CT molecular complexity index is 1080. The van der Waals surface area contributed by atoms with E-state index >= 15 is 0 Å². The number of methoxy groups -OCH3 is 1. The van der Waals surface area contributed by atoms with Gasteiger partial charge in [0.1, 0.15) is 11.4 Å². The van der Waals surface area contributed by atoms with Gasteiger partial charge in [0, 0.05) is 13.1 Å². The average molecular weight is 444 g/mol. The van der Waals surface area contributed by atoms with Crippen molar-refractivity contribution < 1.29 is 27.5 Å². The van der Waals surface area contributed by atoms with E-state index in [0.29, 0.717) is 30.3 Å². The second-order valence-electron chi connectivity index (χ2n) is 8.14. The first-order valence-electron chi connectivity index (χ1n) is 10.4. The second-order valence-corrected chi connectivity index (χ2v) is 8.14. The normalized spacial score (nSPS) is 19.7. The number of alkyl halides is 3. The number of nitrogens with zero attached hydrogens (tertiary/aromatic N) is 2. The summed E-state index contributed by atoms with van der Waals surface area (Å²) in [5.41, 5.74) is -0.0531. The lowest BCUT2D eigenvalue weighted by atomic mass is 9.98. The molecule has 0 spiro atoms. The van der Waals surface area contributed by atoms with Crippen LogP contribution < -0.4 is 9.64 Å². The maximum absolute atomic E-state index is 13.5. The van der Waals surface area contributed by atoms with Gasteiger partial charge in [0.25, 0.3) is 11.8 Å². The van der Waals surface area contributed by atoms with E-state index < -0.39 is 23.6 Å². The van der Waals surface area contributed by atoms with Crippen LogP contribution in [0.1, 0.15) is 30.9 Å². The van der Waals surface area contributed by atoms with Crippen molar-refractivity contribution in [3.63, 3.8) is 0 Å². The maximum Gasteiger partial charge on any atom is 0.416 e. The molecule has 0 saturated carbocycles. The van der Waals surface area contributed by atoms with Gasteiger partial charge in [-0.2, -0.15) is 13.2 Å². The van der Waals surface area contributed by atoms with Gasteiger partial charge in [-0.25, -0.2) is 4.90 Å². The molecule has 0 aliphatic carbocycles. The Balaban J connectivity index is 1.81. The monoisotopic (exact) mass is 444 g/mol. The first-order chi connectivity index (χ1) is 15.2. The Hall–Kier alpha value is -3.29. The summed E-state index contributed by atoms with van der Waals surface area (Å²) in [7, 11) is 1.52. The van der Waals surface area contributed by atoms with E-state index in [0.717, 1.165) is 29.9 Å². The SMILES string of the molecule is COc1ccc(C2=C(N3CCCC(C)C3)C(=O)N(c3cccc(C(F)(F)F)c3)C2=O)cc1. The number of hydrogen-bond donors (Lipinski definition) is 0. The highest BCUT2D eigenvalue weighted by Crippen LogP contribution is 2.38. The molecule has 8 heteroatoms. The number of imide groups is 1. The Kier molecular flexibility index (Phi) is 5.71. The largest absolute Gasteiger partial charge is 0.497 e. The van der Waals surface area contributed by atoms with Gasteiger partial charge in [0.05, 0.1) is 23.9 Å². The summed E-state index contributed by atoms with van der Waals surface area (Å²) in [4.78, 5) is 29.7. The smallest absolute Gasteiger partial charge is 0.416 e. The van der Waals surface area contributed by atoms with E-state index in [4.69, 9.17) is 4.74 Å². The first-order valence-corrected chi connectivity index (χ1v) is 10.4. The van der Waals surface area contributed by atoms with Crippen LogP contribution in [-0.2, 0) is 15.8 Å². The summed E-state index contributed by atoms with van der Waals surface area (Å²) < 4.78 is 44.9. The van der Waals surface area contributed by atoms with E-state index in [1.165, 1.54) is 19.2 Å². The number of amides is 2. The minimum Gasteiger partial charge on any atom is -0.497 e. The molecule has 2 aliphatic heterocycles. The molecule has 0 radical (unpaired) electrons. The minimum absolute atomic E-state index is 0.0964. The summed E-state index contributed by atoms with van der Waals surface area (Å²) >= 11 is 0. The van der Waals surface area contributed by atoms with Crippen molar-refractivity contribution in [1.82, 2.24) is 4.90 Å². The Morgan fingerprint density at radius 1 is 1.03 bits per heavy atom. The zero-order chi connectivity index (χ0) is 23.0. The fourth-order valence-corrected chi connectivity index (χ4v) is 4.28. The molecule has 2 aliphatic rings. The lowest BCUT2D eigenvalue weighted by Crippen LogP contribution is -2.39. The third-order valence-corrected chi connectivity index (χ3v) is 5.84. The summed E-state index contributed by atoms with van der Waals surface area (Å²) in [6, 6.07) is 11.0. The van der Waals surface area contributed by atoms with Crippen LogP contribution in [0.4, 0.5) is 18.9 Å². The van der Waals surface area contributed by atoms with Gasteiger partial charge in [0.2, 0.25) is 0 Å². The highest BCUT2D eigenvalue weighted by atomic mass is 19.4. The number of hydrogen-bond acceptors (Lipinski definition) is 4. The highest BCUT2D eigenvalue weighted by Gasteiger charge is 2.43. The van der Waals surface area contributed by atoms with Gasteiger partial charge in [-0.05, 0) is 54.7 Å². The van der Waals surface area contributed by atoms with Gasteiger partial charge >= 0.3 is 6.18 Å². The summed E-state index contributed by atoms with van der Waals surface area (Å²) in [6.07, 6.45) is -2.70. The molecule has 0 aromatic heterocycles. The van der Waals surface area contributed by atoms with Crippen molar-refractivity contribution in [2.45, 2.75) is 25.9 Å². The Morgan fingerprint density at radius 3 is 2.38 bits per heavy atom. The van der Waals surface area contributed by atoms with Crippen LogP contribution in [0.15, 0.2) is 54.2 Å². The van der Waals surface area contributed by atoms with Gasteiger partial charge < -0.3 is 9.64 Å². The molecule has 5 nitrogen and oxygen atoms in total. The molecule has 0 bridgehead atoms. The van der Waals surface area contributed by atoms with E-state index in [9.17, 15) is 22.8 Å². The van der Waals surface area contributed by atoms with Crippen molar-refractivity contribution in [2.24, 2.45) is 5.92 Å². The number of halogens is 3. The molecule has 1 atom stereocenters. The van der Waals surface area contributed by atoms with Crippen LogP contribution >= 0.6 is 0 Å². The lowest BCUT2D eigenvalue weighted by molar-refractivity contribution is -0.137. The van der Waals surface area contributed by atoms with E-state index in [1.807, 2.05) is 4.90 Å². The number of anilines is 1. The quantitative estimate of drug-likeness (QED) is 0.640. The van der Waals surface area contributed by atoms with Crippen LogP contribution in [0.5, 0.6) is 5.75 Å². The first kappa shape index (κ1) is 21.9. The molecule has 168 valence electrons. The molecule has 1 saturated heterocycles.